The molecule has 0 spiro atoms. The molecule has 4 nitrogen and oxygen atoms in total. The lowest BCUT2D eigenvalue weighted by Crippen LogP contribution is -2.55. The summed E-state index contributed by atoms with van der Waals surface area (Å²) in [5, 5.41) is 6.44. The Morgan fingerprint density at radius 1 is 1.26 bits per heavy atom. The molecule has 1 aromatic rings. The van der Waals surface area contributed by atoms with Gasteiger partial charge in [0.2, 0.25) is 0 Å². The molecule has 0 aliphatic rings. The molecule has 1 aromatic carbocycles. The first-order chi connectivity index (χ1) is 10.5. The number of hydrogen-bond donors (Lipinski definition) is 2. The van der Waals surface area contributed by atoms with Crippen LogP contribution in [0.25, 0.3) is 0 Å². The summed E-state index contributed by atoms with van der Waals surface area (Å²) in [7, 11) is 0. The van der Waals surface area contributed by atoms with Gasteiger partial charge in [-0.2, -0.15) is 0 Å². The van der Waals surface area contributed by atoms with E-state index in [-0.39, 0.29) is 11.6 Å². The molecule has 0 fully saturated rings. The minimum absolute atomic E-state index is 0.223. The highest BCUT2D eigenvalue weighted by Crippen LogP contribution is 2.18. The summed E-state index contributed by atoms with van der Waals surface area (Å²) in [4.78, 5) is 11.9. The van der Waals surface area contributed by atoms with Gasteiger partial charge in [-0.05, 0) is 51.3 Å². The number of rotatable bonds is 6. The molecule has 1 amide bonds. The molecule has 0 aromatic heterocycles. The minimum atomic E-state index is -0.484. The molecule has 0 aliphatic carbocycles. The van der Waals surface area contributed by atoms with Crippen LogP contribution in [0.1, 0.15) is 47.1 Å². The van der Waals surface area contributed by atoms with E-state index in [0.29, 0.717) is 12.5 Å². The molecule has 0 heterocycles. The Morgan fingerprint density at radius 2 is 1.91 bits per heavy atom. The summed E-state index contributed by atoms with van der Waals surface area (Å²) in [5.41, 5.74) is 0.491. The second-order valence-corrected chi connectivity index (χ2v) is 8.33. The SMILES string of the molecule is CC(C)C(C)(CNC(=O)OC(C)(C)C)NCc1cccc(Br)c1. The van der Waals surface area contributed by atoms with Gasteiger partial charge in [-0.15, -0.1) is 0 Å². The number of benzene rings is 1. The zero-order chi connectivity index (χ0) is 17.7. The van der Waals surface area contributed by atoms with Crippen molar-refractivity contribution in [1.82, 2.24) is 10.6 Å². The van der Waals surface area contributed by atoms with Gasteiger partial charge in [0.25, 0.3) is 0 Å². The van der Waals surface area contributed by atoms with Gasteiger partial charge in [-0.25, -0.2) is 4.79 Å². The maximum absolute atomic E-state index is 11.9. The number of nitrogens with one attached hydrogen (secondary N) is 2. The summed E-state index contributed by atoms with van der Waals surface area (Å²) >= 11 is 3.49. The van der Waals surface area contributed by atoms with Crippen LogP contribution in [0, 0.1) is 5.92 Å². The first kappa shape index (κ1) is 20.0. The quantitative estimate of drug-likeness (QED) is 0.759. The number of ether oxygens (including phenoxy) is 1. The third-order valence-electron chi connectivity index (χ3n) is 3.86. The van der Waals surface area contributed by atoms with Crippen molar-refractivity contribution in [2.75, 3.05) is 6.54 Å². The summed E-state index contributed by atoms with van der Waals surface area (Å²) in [6.07, 6.45) is -0.381. The van der Waals surface area contributed by atoms with E-state index in [0.717, 1.165) is 11.0 Å². The number of carbonyl (C=O) groups excluding carboxylic acids is 1. The Bertz CT molecular complexity index is 526. The fraction of sp³-hybridized carbons (Fsp3) is 0.611. The number of halogens is 1. The molecule has 0 radical (unpaired) electrons. The summed E-state index contributed by atoms with van der Waals surface area (Å²) in [6.45, 7) is 13.2. The lowest BCUT2D eigenvalue weighted by Gasteiger charge is -2.35. The highest BCUT2D eigenvalue weighted by molar-refractivity contribution is 9.10. The Hall–Kier alpha value is -1.07. The van der Waals surface area contributed by atoms with Crippen LogP contribution in [-0.2, 0) is 11.3 Å². The van der Waals surface area contributed by atoms with Crippen LogP contribution in [0.4, 0.5) is 4.79 Å². The minimum Gasteiger partial charge on any atom is -0.444 e. The highest BCUT2D eigenvalue weighted by Gasteiger charge is 2.29. The van der Waals surface area contributed by atoms with Crippen molar-refractivity contribution >= 4 is 22.0 Å². The molecule has 0 saturated heterocycles. The van der Waals surface area contributed by atoms with Crippen LogP contribution in [0.5, 0.6) is 0 Å². The van der Waals surface area contributed by atoms with E-state index in [2.05, 4.69) is 59.5 Å². The maximum Gasteiger partial charge on any atom is 0.407 e. The van der Waals surface area contributed by atoms with Gasteiger partial charge in [0.1, 0.15) is 5.60 Å². The average molecular weight is 385 g/mol. The average Bonchev–Trinajstić information content (AvgIpc) is 2.41. The van der Waals surface area contributed by atoms with Gasteiger partial charge in [-0.3, -0.25) is 0 Å². The molecule has 23 heavy (non-hydrogen) atoms. The Balaban J connectivity index is 2.62. The van der Waals surface area contributed by atoms with Crippen molar-refractivity contribution in [2.45, 2.75) is 59.2 Å². The van der Waals surface area contributed by atoms with Gasteiger partial charge in [0.05, 0.1) is 0 Å². The largest absolute Gasteiger partial charge is 0.444 e. The van der Waals surface area contributed by atoms with Crippen LogP contribution in [0.2, 0.25) is 0 Å². The fourth-order valence-corrected chi connectivity index (χ4v) is 2.44. The van der Waals surface area contributed by atoms with Crippen LogP contribution < -0.4 is 10.6 Å². The zero-order valence-electron chi connectivity index (χ0n) is 15.0. The molecule has 130 valence electrons. The molecule has 0 bridgehead atoms. The van der Waals surface area contributed by atoms with Crippen LogP contribution in [-0.4, -0.2) is 23.8 Å². The normalized spacial score (nSPS) is 14.4. The molecule has 0 saturated carbocycles. The lowest BCUT2D eigenvalue weighted by atomic mass is 9.88. The van der Waals surface area contributed by atoms with E-state index in [1.807, 2.05) is 32.9 Å². The predicted molar refractivity (Wildman–Crippen MR) is 98.5 cm³/mol. The third-order valence-corrected chi connectivity index (χ3v) is 4.35. The monoisotopic (exact) mass is 384 g/mol. The van der Waals surface area contributed by atoms with Gasteiger partial charge < -0.3 is 15.4 Å². The number of hydrogen-bond acceptors (Lipinski definition) is 3. The molecule has 1 rings (SSSR count). The number of alkyl carbamates (subject to hydrolysis) is 1. The van der Waals surface area contributed by atoms with E-state index >= 15 is 0 Å². The number of carbonyl (C=O) groups is 1. The second-order valence-electron chi connectivity index (χ2n) is 7.41. The predicted octanol–water partition coefficient (Wildman–Crippen LogP) is 4.48. The first-order valence-electron chi connectivity index (χ1n) is 7.98. The van der Waals surface area contributed by atoms with Crippen molar-refractivity contribution in [3.63, 3.8) is 0 Å². The topological polar surface area (TPSA) is 50.4 Å². The zero-order valence-corrected chi connectivity index (χ0v) is 16.6. The standard InChI is InChI=1S/C18H29BrN2O2/c1-13(2)18(6,12-20-16(22)23-17(3,4)5)21-11-14-8-7-9-15(19)10-14/h7-10,13,21H,11-12H2,1-6H3,(H,20,22). The molecule has 1 unspecified atom stereocenters. The van der Waals surface area contributed by atoms with Gasteiger partial charge in [-0.1, -0.05) is 41.9 Å². The van der Waals surface area contributed by atoms with E-state index < -0.39 is 5.60 Å². The van der Waals surface area contributed by atoms with Gasteiger partial charge >= 0.3 is 6.09 Å². The molecule has 1 atom stereocenters. The third kappa shape index (κ3) is 7.36. The lowest BCUT2D eigenvalue weighted by molar-refractivity contribution is 0.0503. The summed E-state index contributed by atoms with van der Waals surface area (Å²) < 4.78 is 6.37. The number of amides is 1. The van der Waals surface area contributed by atoms with Gasteiger partial charge in [0, 0.05) is 23.1 Å². The molecular weight excluding hydrogens is 356 g/mol. The second kappa shape index (κ2) is 8.15. The van der Waals surface area contributed by atoms with Gasteiger partial charge in [0.15, 0.2) is 0 Å². The molecular formula is C18H29BrN2O2. The van der Waals surface area contributed by atoms with Crippen LogP contribution in [0.3, 0.4) is 0 Å². The van der Waals surface area contributed by atoms with Crippen molar-refractivity contribution in [2.24, 2.45) is 5.92 Å². The Labute approximate surface area is 148 Å². The highest BCUT2D eigenvalue weighted by atomic mass is 79.9. The summed E-state index contributed by atoms with van der Waals surface area (Å²) in [5.74, 6) is 0.351. The smallest absolute Gasteiger partial charge is 0.407 e. The Kier molecular flexibility index (Phi) is 7.08. The Morgan fingerprint density at radius 3 is 2.43 bits per heavy atom. The molecule has 2 N–H and O–H groups in total. The van der Waals surface area contributed by atoms with Crippen molar-refractivity contribution in [1.29, 1.82) is 0 Å². The first-order valence-corrected chi connectivity index (χ1v) is 8.77. The van der Waals surface area contributed by atoms with E-state index in [4.69, 9.17) is 4.74 Å². The van der Waals surface area contributed by atoms with E-state index in [1.54, 1.807) is 0 Å². The molecule has 0 aliphatic heterocycles. The van der Waals surface area contributed by atoms with Crippen molar-refractivity contribution < 1.29 is 9.53 Å². The fourth-order valence-electron chi connectivity index (χ4n) is 1.99. The molecule has 5 heteroatoms. The van der Waals surface area contributed by atoms with Crippen LogP contribution in [0.15, 0.2) is 28.7 Å². The van der Waals surface area contributed by atoms with Crippen molar-refractivity contribution in [3.8, 4) is 0 Å². The van der Waals surface area contributed by atoms with E-state index in [1.165, 1.54) is 5.56 Å². The summed E-state index contributed by atoms with van der Waals surface area (Å²) in [6, 6.07) is 8.21. The van der Waals surface area contributed by atoms with Crippen LogP contribution >= 0.6 is 15.9 Å². The maximum atomic E-state index is 11.9. The van der Waals surface area contributed by atoms with Crippen molar-refractivity contribution in [3.05, 3.63) is 34.3 Å². The van der Waals surface area contributed by atoms with E-state index in [9.17, 15) is 4.79 Å².